The SMILES string of the molecule is C[C@H](C(=O)NC1CCCC1)N(Cc1ccccc1)C(=O)CN(c1ccc(F)c(Cl)c1)S(C)(=O)=O. The second-order valence-electron chi connectivity index (χ2n) is 8.54. The van der Waals surface area contributed by atoms with E-state index in [0.717, 1.165) is 53.9 Å². The monoisotopic (exact) mass is 509 g/mol. The molecular formula is C24H29ClFN3O4S. The van der Waals surface area contributed by atoms with E-state index < -0.39 is 34.3 Å². The fourth-order valence-corrected chi connectivity index (χ4v) is 5.02. The summed E-state index contributed by atoms with van der Waals surface area (Å²) in [5, 5.41) is 2.74. The standard InChI is InChI=1S/C24H29ClFN3O4S/c1-17(24(31)27-19-10-6-7-11-19)28(15-18-8-4-3-5-9-18)23(30)16-29(34(2,32)33)20-12-13-22(26)21(25)14-20/h3-5,8-9,12-14,17,19H,6-7,10-11,15-16H2,1-2H3,(H,27,31)/t17-/m1/s1. The van der Waals surface area contributed by atoms with E-state index in [9.17, 15) is 22.4 Å². The first-order valence-corrected chi connectivity index (χ1v) is 13.4. The van der Waals surface area contributed by atoms with Gasteiger partial charge < -0.3 is 10.2 Å². The minimum atomic E-state index is -3.91. The summed E-state index contributed by atoms with van der Waals surface area (Å²) in [5.41, 5.74) is 0.858. The molecule has 0 heterocycles. The molecule has 0 spiro atoms. The molecule has 1 aliphatic rings. The van der Waals surface area contributed by atoms with E-state index in [1.165, 1.54) is 11.0 Å². The first-order chi connectivity index (χ1) is 16.1. The lowest BCUT2D eigenvalue weighted by Crippen LogP contribution is -2.52. The summed E-state index contributed by atoms with van der Waals surface area (Å²) in [6.45, 7) is 1.19. The van der Waals surface area contributed by atoms with Gasteiger partial charge in [-0.3, -0.25) is 13.9 Å². The van der Waals surface area contributed by atoms with E-state index in [1.807, 2.05) is 30.3 Å². The first-order valence-electron chi connectivity index (χ1n) is 11.1. The number of sulfonamides is 1. The van der Waals surface area contributed by atoms with Crippen LogP contribution in [0.25, 0.3) is 0 Å². The van der Waals surface area contributed by atoms with Gasteiger partial charge in [0.1, 0.15) is 18.4 Å². The van der Waals surface area contributed by atoms with Gasteiger partial charge in [0.15, 0.2) is 0 Å². The Morgan fingerprint density at radius 3 is 2.38 bits per heavy atom. The Balaban J connectivity index is 1.87. The smallest absolute Gasteiger partial charge is 0.244 e. The van der Waals surface area contributed by atoms with Crippen LogP contribution < -0.4 is 9.62 Å². The average molecular weight is 510 g/mol. The summed E-state index contributed by atoms with van der Waals surface area (Å²) in [7, 11) is -3.91. The summed E-state index contributed by atoms with van der Waals surface area (Å²) in [5.74, 6) is -1.55. The number of halogens is 2. The molecule has 184 valence electrons. The summed E-state index contributed by atoms with van der Waals surface area (Å²) >= 11 is 5.84. The van der Waals surface area contributed by atoms with Gasteiger partial charge in [-0.05, 0) is 43.5 Å². The average Bonchev–Trinajstić information content (AvgIpc) is 3.30. The number of rotatable bonds is 9. The molecule has 0 aromatic heterocycles. The molecule has 0 aliphatic heterocycles. The van der Waals surface area contributed by atoms with Crippen molar-refractivity contribution >= 4 is 39.1 Å². The molecule has 2 amide bonds. The number of hydrogen-bond donors (Lipinski definition) is 1. The third-order valence-corrected chi connectivity index (χ3v) is 7.37. The first kappa shape index (κ1) is 26.0. The lowest BCUT2D eigenvalue weighted by Gasteiger charge is -2.32. The van der Waals surface area contributed by atoms with Crippen LogP contribution in [0, 0.1) is 5.82 Å². The fourth-order valence-electron chi connectivity index (χ4n) is 4.01. The molecule has 1 N–H and O–H groups in total. The molecule has 1 atom stereocenters. The maximum Gasteiger partial charge on any atom is 0.244 e. The van der Waals surface area contributed by atoms with Gasteiger partial charge in [-0.25, -0.2) is 12.8 Å². The van der Waals surface area contributed by atoms with Crippen LogP contribution in [0.5, 0.6) is 0 Å². The lowest BCUT2D eigenvalue weighted by molar-refractivity contribution is -0.139. The largest absolute Gasteiger partial charge is 0.352 e. The molecule has 2 aromatic rings. The number of nitrogens with zero attached hydrogens (tertiary/aromatic N) is 2. The Morgan fingerprint density at radius 2 is 1.79 bits per heavy atom. The molecule has 2 aromatic carbocycles. The molecule has 7 nitrogen and oxygen atoms in total. The number of benzene rings is 2. The van der Waals surface area contributed by atoms with Crippen molar-refractivity contribution in [1.29, 1.82) is 0 Å². The molecule has 1 fully saturated rings. The number of nitrogens with one attached hydrogen (secondary N) is 1. The minimum Gasteiger partial charge on any atom is -0.352 e. The van der Waals surface area contributed by atoms with Gasteiger partial charge in [-0.2, -0.15) is 0 Å². The number of hydrogen-bond acceptors (Lipinski definition) is 4. The Morgan fingerprint density at radius 1 is 1.15 bits per heavy atom. The van der Waals surface area contributed by atoms with E-state index in [1.54, 1.807) is 6.92 Å². The quantitative estimate of drug-likeness (QED) is 0.558. The van der Waals surface area contributed by atoms with Crippen LogP contribution in [0.3, 0.4) is 0 Å². The minimum absolute atomic E-state index is 0.0602. The van der Waals surface area contributed by atoms with Gasteiger partial charge in [-0.1, -0.05) is 54.8 Å². The van der Waals surface area contributed by atoms with Crippen molar-refractivity contribution in [3.63, 3.8) is 0 Å². The zero-order valence-electron chi connectivity index (χ0n) is 19.2. The Bertz CT molecular complexity index is 1120. The third kappa shape index (κ3) is 6.70. The molecular weight excluding hydrogens is 481 g/mol. The predicted molar refractivity (Wildman–Crippen MR) is 130 cm³/mol. The molecule has 3 rings (SSSR count). The van der Waals surface area contributed by atoms with Crippen molar-refractivity contribution in [1.82, 2.24) is 10.2 Å². The molecule has 0 unspecified atom stereocenters. The maximum absolute atomic E-state index is 13.6. The number of amides is 2. The van der Waals surface area contributed by atoms with E-state index in [-0.39, 0.29) is 29.2 Å². The van der Waals surface area contributed by atoms with Crippen LogP contribution in [-0.2, 0) is 26.2 Å². The van der Waals surface area contributed by atoms with Crippen LogP contribution in [0.2, 0.25) is 5.02 Å². The highest BCUT2D eigenvalue weighted by Gasteiger charge is 2.31. The number of carbonyl (C=O) groups is 2. The maximum atomic E-state index is 13.6. The molecule has 1 saturated carbocycles. The number of anilines is 1. The Hall–Kier alpha value is -2.65. The number of carbonyl (C=O) groups excluding carboxylic acids is 2. The van der Waals surface area contributed by atoms with Crippen molar-refractivity contribution in [3.05, 3.63) is 64.9 Å². The Kier molecular flexibility index (Phi) is 8.54. The van der Waals surface area contributed by atoms with Crippen molar-refractivity contribution in [2.45, 2.75) is 51.2 Å². The molecule has 10 heteroatoms. The molecule has 0 saturated heterocycles. The van der Waals surface area contributed by atoms with Crippen LogP contribution in [-0.4, -0.2) is 50.0 Å². The van der Waals surface area contributed by atoms with Gasteiger partial charge in [0.2, 0.25) is 21.8 Å². The van der Waals surface area contributed by atoms with Crippen LogP contribution in [0.15, 0.2) is 48.5 Å². The zero-order valence-corrected chi connectivity index (χ0v) is 20.8. The molecule has 1 aliphatic carbocycles. The fraction of sp³-hybridized carbons (Fsp3) is 0.417. The normalized spacial score (nSPS) is 15.1. The Labute approximate surface area is 204 Å². The highest BCUT2D eigenvalue weighted by Crippen LogP contribution is 2.25. The molecule has 34 heavy (non-hydrogen) atoms. The summed E-state index contributed by atoms with van der Waals surface area (Å²) in [4.78, 5) is 27.8. The van der Waals surface area contributed by atoms with Gasteiger partial charge in [0.25, 0.3) is 0 Å². The summed E-state index contributed by atoms with van der Waals surface area (Å²) in [6, 6.07) is 11.8. The van der Waals surface area contributed by atoms with E-state index >= 15 is 0 Å². The third-order valence-electron chi connectivity index (χ3n) is 5.93. The van der Waals surface area contributed by atoms with Gasteiger partial charge in [-0.15, -0.1) is 0 Å². The van der Waals surface area contributed by atoms with Crippen LogP contribution >= 0.6 is 11.6 Å². The topological polar surface area (TPSA) is 86.8 Å². The zero-order chi connectivity index (χ0) is 24.9. The van der Waals surface area contributed by atoms with Crippen molar-refractivity contribution in [2.75, 3.05) is 17.1 Å². The van der Waals surface area contributed by atoms with E-state index in [2.05, 4.69) is 5.32 Å². The van der Waals surface area contributed by atoms with E-state index in [4.69, 9.17) is 11.6 Å². The van der Waals surface area contributed by atoms with Crippen molar-refractivity contribution in [3.8, 4) is 0 Å². The van der Waals surface area contributed by atoms with Crippen molar-refractivity contribution < 1.29 is 22.4 Å². The highest BCUT2D eigenvalue weighted by atomic mass is 35.5. The molecule has 0 radical (unpaired) electrons. The second kappa shape index (κ2) is 11.2. The van der Waals surface area contributed by atoms with Crippen LogP contribution in [0.4, 0.5) is 10.1 Å². The van der Waals surface area contributed by atoms with E-state index in [0.29, 0.717) is 0 Å². The predicted octanol–water partition coefficient (Wildman–Crippen LogP) is 3.72. The van der Waals surface area contributed by atoms with Gasteiger partial charge >= 0.3 is 0 Å². The summed E-state index contributed by atoms with van der Waals surface area (Å²) < 4.78 is 39.5. The van der Waals surface area contributed by atoms with Crippen molar-refractivity contribution in [2.24, 2.45) is 0 Å². The van der Waals surface area contributed by atoms with Gasteiger partial charge in [0, 0.05) is 12.6 Å². The second-order valence-corrected chi connectivity index (χ2v) is 10.9. The highest BCUT2D eigenvalue weighted by molar-refractivity contribution is 7.92. The lowest BCUT2D eigenvalue weighted by atomic mass is 10.1. The molecule has 0 bridgehead atoms. The van der Waals surface area contributed by atoms with Crippen LogP contribution in [0.1, 0.15) is 38.2 Å². The van der Waals surface area contributed by atoms with Gasteiger partial charge in [0.05, 0.1) is 17.0 Å². The summed E-state index contributed by atoms with van der Waals surface area (Å²) in [6.07, 6.45) is 4.86.